The minimum atomic E-state index is -1.11. The number of thiophene rings is 1. The number of anilines is 1. The maximum atomic E-state index is 11.8. The van der Waals surface area contributed by atoms with E-state index in [0.717, 1.165) is 0 Å². The molecule has 0 fully saturated rings. The van der Waals surface area contributed by atoms with Crippen molar-refractivity contribution in [1.82, 2.24) is 0 Å². The number of aromatic carboxylic acids is 1. The Bertz CT molecular complexity index is 766. The molecule has 0 unspecified atom stereocenters. The topological polar surface area (TPSA) is 99.4 Å². The van der Waals surface area contributed by atoms with Gasteiger partial charge in [-0.15, -0.1) is 11.3 Å². The summed E-state index contributed by atoms with van der Waals surface area (Å²) in [6.07, 6.45) is 0. The van der Waals surface area contributed by atoms with Crippen LogP contribution in [0.3, 0.4) is 0 Å². The quantitative estimate of drug-likeness (QED) is 0.874. The Morgan fingerprint density at radius 1 is 1.41 bits per heavy atom. The largest absolute Gasteiger partial charge is 0.484 e. The molecule has 1 amide bonds. The summed E-state index contributed by atoms with van der Waals surface area (Å²) in [6.45, 7) is -0.308. The van der Waals surface area contributed by atoms with E-state index in [2.05, 4.69) is 5.32 Å². The molecular weight excluding hydrogens is 328 g/mol. The summed E-state index contributed by atoms with van der Waals surface area (Å²) in [4.78, 5) is 22.7. The highest BCUT2D eigenvalue weighted by Crippen LogP contribution is 2.23. The van der Waals surface area contributed by atoms with Crippen LogP contribution in [0.25, 0.3) is 0 Å². The molecule has 0 aliphatic carbocycles. The van der Waals surface area contributed by atoms with Gasteiger partial charge in [-0.05, 0) is 12.1 Å². The van der Waals surface area contributed by atoms with Crippen molar-refractivity contribution < 1.29 is 19.4 Å². The number of nitrogens with one attached hydrogen (secondary N) is 1. The van der Waals surface area contributed by atoms with E-state index in [0.29, 0.717) is 11.3 Å². The molecule has 0 spiro atoms. The zero-order valence-corrected chi connectivity index (χ0v) is 12.6. The van der Waals surface area contributed by atoms with Crippen molar-refractivity contribution in [2.24, 2.45) is 0 Å². The Labute approximate surface area is 134 Å². The highest BCUT2D eigenvalue weighted by atomic mass is 35.5. The van der Waals surface area contributed by atoms with Crippen LogP contribution in [0.5, 0.6) is 5.75 Å². The van der Waals surface area contributed by atoms with Crippen molar-refractivity contribution in [3.63, 3.8) is 0 Å². The number of hydrogen-bond donors (Lipinski definition) is 2. The van der Waals surface area contributed by atoms with E-state index in [9.17, 15) is 9.59 Å². The summed E-state index contributed by atoms with van der Waals surface area (Å²) in [7, 11) is 0. The highest BCUT2D eigenvalue weighted by Gasteiger charge is 2.14. The molecule has 2 aromatic rings. The molecule has 8 heteroatoms. The van der Waals surface area contributed by atoms with Crippen molar-refractivity contribution in [3.05, 3.63) is 45.1 Å². The molecule has 0 saturated heterocycles. The van der Waals surface area contributed by atoms with E-state index < -0.39 is 11.9 Å². The first-order valence-corrected chi connectivity index (χ1v) is 7.25. The van der Waals surface area contributed by atoms with Crippen LogP contribution >= 0.6 is 22.9 Å². The lowest BCUT2D eigenvalue weighted by atomic mass is 10.2. The SMILES string of the molecule is N#Cc1ccc(OCC(=O)Nc2cscc2C(=O)O)cc1Cl. The van der Waals surface area contributed by atoms with Crippen LogP contribution in [0, 0.1) is 11.3 Å². The third kappa shape index (κ3) is 3.75. The van der Waals surface area contributed by atoms with Crippen molar-refractivity contribution in [3.8, 4) is 11.8 Å². The van der Waals surface area contributed by atoms with Crippen molar-refractivity contribution in [2.75, 3.05) is 11.9 Å². The number of halogens is 1. The molecule has 0 radical (unpaired) electrons. The van der Waals surface area contributed by atoms with Gasteiger partial charge in [0.25, 0.3) is 5.91 Å². The fraction of sp³-hybridized carbons (Fsp3) is 0.0714. The number of benzene rings is 1. The fourth-order valence-corrected chi connectivity index (χ4v) is 2.54. The summed E-state index contributed by atoms with van der Waals surface area (Å²) in [5, 5.41) is 23.3. The van der Waals surface area contributed by atoms with Gasteiger partial charge in [0.2, 0.25) is 0 Å². The Hall–Kier alpha value is -2.56. The Kier molecular flexibility index (Phi) is 4.99. The molecular formula is C14H9ClN2O4S. The van der Waals surface area contributed by atoms with Gasteiger partial charge in [-0.25, -0.2) is 4.79 Å². The van der Waals surface area contributed by atoms with Crippen LogP contribution < -0.4 is 10.1 Å². The fourth-order valence-electron chi connectivity index (χ4n) is 1.57. The lowest BCUT2D eigenvalue weighted by Crippen LogP contribution is -2.21. The van der Waals surface area contributed by atoms with Crippen LogP contribution in [-0.2, 0) is 4.79 Å². The van der Waals surface area contributed by atoms with Crippen LogP contribution in [0.2, 0.25) is 5.02 Å². The van der Waals surface area contributed by atoms with Crippen LogP contribution in [0.15, 0.2) is 29.0 Å². The van der Waals surface area contributed by atoms with Crippen LogP contribution in [-0.4, -0.2) is 23.6 Å². The van der Waals surface area contributed by atoms with Crippen LogP contribution in [0.1, 0.15) is 15.9 Å². The smallest absolute Gasteiger partial charge is 0.338 e. The molecule has 0 bridgehead atoms. The Morgan fingerprint density at radius 3 is 2.82 bits per heavy atom. The molecule has 1 heterocycles. The van der Waals surface area contributed by atoms with E-state index in [-0.39, 0.29) is 22.9 Å². The van der Waals surface area contributed by atoms with Gasteiger partial charge < -0.3 is 15.2 Å². The number of carboxylic acids is 1. The van der Waals surface area contributed by atoms with Gasteiger partial charge in [0, 0.05) is 16.8 Å². The molecule has 0 aliphatic rings. The normalized spacial score (nSPS) is 9.82. The molecule has 0 saturated carbocycles. The van der Waals surface area contributed by atoms with E-state index in [1.54, 1.807) is 0 Å². The van der Waals surface area contributed by atoms with E-state index in [4.69, 9.17) is 26.7 Å². The molecule has 112 valence electrons. The third-order valence-corrected chi connectivity index (χ3v) is 3.65. The third-order valence-electron chi connectivity index (χ3n) is 2.60. The summed E-state index contributed by atoms with van der Waals surface area (Å²) in [5.41, 5.74) is 0.562. The number of carbonyl (C=O) groups excluding carboxylic acids is 1. The summed E-state index contributed by atoms with van der Waals surface area (Å²) < 4.78 is 5.25. The Balaban J connectivity index is 1.96. The summed E-state index contributed by atoms with van der Waals surface area (Å²) in [5.74, 6) is -1.28. The number of hydrogen-bond acceptors (Lipinski definition) is 5. The number of nitriles is 1. The highest BCUT2D eigenvalue weighted by molar-refractivity contribution is 7.08. The minimum absolute atomic E-state index is 0.0276. The first kappa shape index (κ1) is 15.8. The predicted molar refractivity (Wildman–Crippen MR) is 81.6 cm³/mol. The second kappa shape index (κ2) is 6.93. The number of nitrogens with zero attached hydrogens (tertiary/aromatic N) is 1. The monoisotopic (exact) mass is 336 g/mol. The first-order chi connectivity index (χ1) is 10.5. The van der Waals surface area contributed by atoms with Gasteiger partial charge in [0.1, 0.15) is 11.8 Å². The summed E-state index contributed by atoms with van der Waals surface area (Å²) >= 11 is 7.02. The second-order valence-corrected chi connectivity index (χ2v) is 5.25. The zero-order chi connectivity index (χ0) is 16.1. The number of rotatable bonds is 5. The molecule has 1 aromatic carbocycles. The molecule has 2 rings (SSSR count). The summed E-state index contributed by atoms with van der Waals surface area (Å²) in [6, 6.07) is 6.35. The van der Waals surface area contributed by atoms with Gasteiger partial charge in [0.15, 0.2) is 6.61 Å². The van der Waals surface area contributed by atoms with Crippen molar-refractivity contribution in [1.29, 1.82) is 5.26 Å². The van der Waals surface area contributed by atoms with E-state index in [1.165, 1.54) is 40.3 Å². The maximum absolute atomic E-state index is 11.8. The van der Waals surface area contributed by atoms with Crippen molar-refractivity contribution >= 4 is 40.5 Å². The van der Waals surface area contributed by atoms with Gasteiger partial charge in [-0.1, -0.05) is 11.6 Å². The van der Waals surface area contributed by atoms with Gasteiger partial charge >= 0.3 is 5.97 Å². The second-order valence-electron chi connectivity index (χ2n) is 4.09. The number of ether oxygens (including phenoxy) is 1. The number of carboxylic acid groups (broad SMARTS) is 1. The first-order valence-electron chi connectivity index (χ1n) is 5.93. The van der Waals surface area contributed by atoms with Gasteiger partial charge in [-0.2, -0.15) is 5.26 Å². The molecule has 6 nitrogen and oxygen atoms in total. The van der Waals surface area contributed by atoms with Gasteiger partial charge in [-0.3, -0.25) is 4.79 Å². The molecule has 2 N–H and O–H groups in total. The molecule has 0 atom stereocenters. The molecule has 1 aromatic heterocycles. The Morgan fingerprint density at radius 2 is 2.18 bits per heavy atom. The van der Waals surface area contributed by atoms with Crippen molar-refractivity contribution in [2.45, 2.75) is 0 Å². The average Bonchev–Trinajstić information content (AvgIpc) is 2.93. The number of amides is 1. The predicted octanol–water partition coefficient (Wildman–Crippen LogP) is 2.99. The van der Waals surface area contributed by atoms with E-state index >= 15 is 0 Å². The zero-order valence-electron chi connectivity index (χ0n) is 11.0. The van der Waals surface area contributed by atoms with Gasteiger partial charge in [0.05, 0.1) is 21.8 Å². The molecule has 0 aliphatic heterocycles. The lowest BCUT2D eigenvalue weighted by Gasteiger charge is -2.08. The standard InChI is InChI=1S/C14H9ClN2O4S/c15-11-3-9(2-1-8(11)4-16)21-5-13(18)17-12-7-22-6-10(12)14(19)20/h1-3,6-7H,5H2,(H,17,18)(H,19,20). The molecule has 22 heavy (non-hydrogen) atoms. The number of carbonyl (C=O) groups is 2. The lowest BCUT2D eigenvalue weighted by molar-refractivity contribution is -0.118. The maximum Gasteiger partial charge on any atom is 0.338 e. The average molecular weight is 337 g/mol. The van der Waals surface area contributed by atoms with Crippen LogP contribution in [0.4, 0.5) is 5.69 Å². The van der Waals surface area contributed by atoms with E-state index in [1.807, 2.05) is 6.07 Å². The minimum Gasteiger partial charge on any atom is -0.484 e.